The molecule has 0 bridgehead atoms. The molecule has 1 N–H and O–H groups in total. The Morgan fingerprint density at radius 3 is 2.65 bits per heavy atom. The Hall–Kier alpha value is -2.89. The van der Waals surface area contributed by atoms with Gasteiger partial charge in [0.15, 0.2) is 5.69 Å². The number of ether oxygens (including phenoxy) is 1. The van der Waals surface area contributed by atoms with Gasteiger partial charge in [0.25, 0.3) is 0 Å². The number of carbonyl (C=O) groups is 1. The first-order chi connectivity index (χ1) is 9.70. The number of carboxylic acid groups (broad SMARTS) is 1. The Kier molecular flexibility index (Phi) is 2.83. The van der Waals surface area contributed by atoms with E-state index in [4.69, 9.17) is 4.74 Å². The molecule has 0 atom stereocenters. The van der Waals surface area contributed by atoms with Gasteiger partial charge in [-0.25, -0.2) is 14.8 Å². The summed E-state index contributed by atoms with van der Waals surface area (Å²) < 4.78 is 6.76. The van der Waals surface area contributed by atoms with Crippen LogP contribution in [-0.4, -0.2) is 32.6 Å². The van der Waals surface area contributed by atoms with Gasteiger partial charge < -0.3 is 9.84 Å². The number of aromatic nitrogens is 3. The van der Waals surface area contributed by atoms with E-state index in [2.05, 4.69) is 9.97 Å². The molecule has 3 rings (SSSR count). The monoisotopic (exact) mass is 269 g/mol. The first kappa shape index (κ1) is 12.2. The van der Waals surface area contributed by atoms with E-state index < -0.39 is 5.97 Å². The fourth-order valence-electron chi connectivity index (χ4n) is 2.04. The van der Waals surface area contributed by atoms with Crippen LogP contribution >= 0.6 is 0 Å². The van der Waals surface area contributed by atoms with E-state index in [0.717, 1.165) is 11.3 Å². The number of imidazole rings is 1. The van der Waals surface area contributed by atoms with Gasteiger partial charge in [0.2, 0.25) is 0 Å². The molecule has 0 radical (unpaired) electrons. The number of hydrogen-bond acceptors (Lipinski definition) is 4. The predicted molar refractivity (Wildman–Crippen MR) is 71.9 cm³/mol. The molecule has 0 spiro atoms. The molecule has 0 aliphatic carbocycles. The molecule has 6 heteroatoms. The number of hydrogen-bond donors (Lipinski definition) is 1. The number of aromatic carboxylic acids is 1. The summed E-state index contributed by atoms with van der Waals surface area (Å²) in [5, 5.41) is 9.21. The third kappa shape index (κ3) is 1.87. The summed E-state index contributed by atoms with van der Waals surface area (Å²) in [6.45, 7) is 0. The number of nitrogens with zero attached hydrogens (tertiary/aromatic N) is 3. The van der Waals surface area contributed by atoms with Gasteiger partial charge in [-0.15, -0.1) is 0 Å². The number of rotatable bonds is 3. The van der Waals surface area contributed by atoms with Gasteiger partial charge >= 0.3 is 5.97 Å². The fraction of sp³-hybridized carbons (Fsp3) is 0.0714. The van der Waals surface area contributed by atoms with Crippen LogP contribution in [0.5, 0.6) is 5.75 Å². The highest BCUT2D eigenvalue weighted by atomic mass is 16.5. The van der Waals surface area contributed by atoms with Crippen molar-refractivity contribution in [3.8, 4) is 17.1 Å². The molecule has 2 heterocycles. The van der Waals surface area contributed by atoms with Crippen LogP contribution in [0.25, 0.3) is 16.9 Å². The Morgan fingerprint density at radius 2 is 2.00 bits per heavy atom. The van der Waals surface area contributed by atoms with E-state index in [9.17, 15) is 9.90 Å². The van der Waals surface area contributed by atoms with Gasteiger partial charge in [-0.05, 0) is 30.3 Å². The minimum atomic E-state index is -1.06. The van der Waals surface area contributed by atoms with Crippen molar-refractivity contribution in [2.24, 2.45) is 0 Å². The van der Waals surface area contributed by atoms with Gasteiger partial charge in [0.05, 0.1) is 12.6 Å². The Bertz CT molecular complexity index is 778. The first-order valence-corrected chi connectivity index (χ1v) is 5.90. The Morgan fingerprint density at radius 1 is 1.25 bits per heavy atom. The lowest BCUT2D eigenvalue weighted by Crippen LogP contribution is -1.97. The number of carboxylic acids is 1. The van der Waals surface area contributed by atoms with Crippen LogP contribution in [0.2, 0.25) is 0 Å². The van der Waals surface area contributed by atoms with Crippen LogP contribution in [0.1, 0.15) is 10.5 Å². The minimum absolute atomic E-state index is 0.0122. The lowest BCUT2D eigenvalue weighted by Gasteiger charge is -2.02. The van der Waals surface area contributed by atoms with E-state index in [0.29, 0.717) is 11.3 Å². The Balaban J connectivity index is 2.22. The molecule has 2 aromatic heterocycles. The highest BCUT2D eigenvalue weighted by Crippen LogP contribution is 2.24. The molecule has 0 aliphatic rings. The SMILES string of the molecule is COc1ccc(-c2nc(C(=O)O)c3ccncn23)cc1. The normalized spacial score (nSPS) is 10.7. The molecule has 0 saturated carbocycles. The highest BCUT2D eigenvalue weighted by molar-refractivity contribution is 5.94. The summed E-state index contributed by atoms with van der Waals surface area (Å²) in [6.07, 6.45) is 3.09. The topological polar surface area (TPSA) is 76.7 Å². The molecule has 0 amide bonds. The average molecular weight is 269 g/mol. The van der Waals surface area contributed by atoms with Crippen LogP contribution < -0.4 is 4.74 Å². The van der Waals surface area contributed by atoms with Crippen molar-refractivity contribution in [3.63, 3.8) is 0 Å². The smallest absolute Gasteiger partial charge is 0.356 e. The van der Waals surface area contributed by atoms with Crippen LogP contribution in [0, 0.1) is 0 Å². The lowest BCUT2D eigenvalue weighted by atomic mass is 10.2. The van der Waals surface area contributed by atoms with Gasteiger partial charge in [-0.3, -0.25) is 4.40 Å². The van der Waals surface area contributed by atoms with Gasteiger partial charge in [-0.2, -0.15) is 0 Å². The molecule has 0 aliphatic heterocycles. The molecular weight excluding hydrogens is 258 g/mol. The molecule has 1 aromatic carbocycles. The van der Waals surface area contributed by atoms with E-state index in [1.54, 1.807) is 42.2 Å². The van der Waals surface area contributed by atoms with Crippen LogP contribution in [0.4, 0.5) is 0 Å². The predicted octanol–water partition coefficient (Wildman–Crippen LogP) is 2.10. The maximum absolute atomic E-state index is 11.2. The zero-order valence-electron chi connectivity index (χ0n) is 10.6. The summed E-state index contributed by atoms with van der Waals surface area (Å²) >= 11 is 0. The van der Waals surface area contributed by atoms with Crippen molar-refractivity contribution in [2.75, 3.05) is 7.11 Å². The molecular formula is C14H11N3O3. The van der Waals surface area contributed by atoms with Gasteiger partial charge in [0, 0.05) is 11.8 Å². The van der Waals surface area contributed by atoms with Crippen molar-refractivity contribution in [1.82, 2.24) is 14.4 Å². The van der Waals surface area contributed by atoms with Crippen LogP contribution in [0.15, 0.2) is 42.9 Å². The molecule has 20 heavy (non-hydrogen) atoms. The second-order valence-electron chi connectivity index (χ2n) is 4.15. The van der Waals surface area contributed by atoms with Crippen molar-refractivity contribution in [3.05, 3.63) is 48.5 Å². The number of methoxy groups -OCH3 is 1. The summed E-state index contributed by atoms with van der Waals surface area (Å²) in [7, 11) is 1.59. The maximum Gasteiger partial charge on any atom is 0.356 e. The van der Waals surface area contributed by atoms with Crippen molar-refractivity contribution < 1.29 is 14.6 Å². The minimum Gasteiger partial charge on any atom is -0.497 e. The van der Waals surface area contributed by atoms with Gasteiger partial charge in [0.1, 0.15) is 17.9 Å². The van der Waals surface area contributed by atoms with E-state index >= 15 is 0 Å². The zero-order valence-corrected chi connectivity index (χ0v) is 10.6. The average Bonchev–Trinajstić information content (AvgIpc) is 2.87. The standard InChI is InChI=1S/C14H11N3O3/c1-20-10-4-2-9(3-5-10)13-16-12(14(18)19)11-6-7-15-8-17(11)13/h2-8H,1H3,(H,18,19). The summed E-state index contributed by atoms with van der Waals surface area (Å²) in [5.74, 6) is 0.202. The molecule has 6 nitrogen and oxygen atoms in total. The van der Waals surface area contributed by atoms with Crippen LogP contribution in [-0.2, 0) is 0 Å². The number of benzene rings is 1. The zero-order chi connectivity index (χ0) is 14.1. The van der Waals surface area contributed by atoms with E-state index in [-0.39, 0.29) is 5.69 Å². The number of fused-ring (bicyclic) bond motifs is 1. The second-order valence-corrected chi connectivity index (χ2v) is 4.15. The van der Waals surface area contributed by atoms with Crippen LogP contribution in [0.3, 0.4) is 0 Å². The summed E-state index contributed by atoms with van der Waals surface area (Å²) in [4.78, 5) is 19.5. The third-order valence-electron chi connectivity index (χ3n) is 3.00. The first-order valence-electron chi connectivity index (χ1n) is 5.90. The van der Waals surface area contributed by atoms with Crippen molar-refractivity contribution in [2.45, 2.75) is 0 Å². The molecule has 0 unspecified atom stereocenters. The molecule has 100 valence electrons. The third-order valence-corrected chi connectivity index (χ3v) is 3.00. The van der Waals surface area contributed by atoms with E-state index in [1.807, 2.05) is 12.1 Å². The van der Waals surface area contributed by atoms with E-state index in [1.165, 1.54) is 0 Å². The Labute approximate surface area is 114 Å². The van der Waals surface area contributed by atoms with Gasteiger partial charge in [-0.1, -0.05) is 0 Å². The molecule has 0 saturated heterocycles. The van der Waals surface area contributed by atoms with Crippen molar-refractivity contribution in [1.29, 1.82) is 0 Å². The fourth-order valence-corrected chi connectivity index (χ4v) is 2.04. The molecule has 3 aromatic rings. The highest BCUT2D eigenvalue weighted by Gasteiger charge is 2.17. The lowest BCUT2D eigenvalue weighted by molar-refractivity contribution is 0.0693. The largest absolute Gasteiger partial charge is 0.497 e. The summed E-state index contributed by atoms with van der Waals surface area (Å²) in [6, 6.07) is 8.88. The van der Waals surface area contributed by atoms with Crippen molar-refractivity contribution >= 4 is 11.5 Å². The second kappa shape index (κ2) is 4.65. The quantitative estimate of drug-likeness (QED) is 0.788. The summed E-state index contributed by atoms with van der Waals surface area (Å²) in [5.41, 5.74) is 1.32. The molecule has 0 fully saturated rings. The maximum atomic E-state index is 11.2.